The third kappa shape index (κ3) is 5.22. The summed E-state index contributed by atoms with van der Waals surface area (Å²) in [5.74, 6) is -3.22. The lowest BCUT2D eigenvalue weighted by Crippen LogP contribution is -2.53. The number of rotatable bonds is 5. The van der Waals surface area contributed by atoms with Crippen LogP contribution < -0.4 is 5.32 Å². The van der Waals surface area contributed by atoms with E-state index in [1.807, 2.05) is 0 Å². The molecule has 3 rings (SSSR count). The molecule has 0 saturated carbocycles. The molecule has 3 heterocycles. The van der Waals surface area contributed by atoms with Gasteiger partial charge in [0.15, 0.2) is 5.69 Å². The van der Waals surface area contributed by atoms with Gasteiger partial charge in [0.05, 0.1) is 18.8 Å². The molecule has 2 aliphatic rings. The lowest BCUT2D eigenvalue weighted by Gasteiger charge is -2.38. The van der Waals surface area contributed by atoms with E-state index in [1.165, 1.54) is 9.80 Å². The maximum absolute atomic E-state index is 13.7. The Kier molecular flexibility index (Phi) is 6.58. The largest absolute Gasteiger partial charge is 0.433 e. The van der Waals surface area contributed by atoms with Crippen LogP contribution in [-0.2, 0) is 23.9 Å². The maximum atomic E-state index is 13.7. The van der Waals surface area contributed by atoms with Crippen LogP contribution in [0.4, 0.5) is 22.0 Å². The number of likely N-dealkylation sites (N-methyl/N-ethyl adjacent to an activating group) is 1. The van der Waals surface area contributed by atoms with Gasteiger partial charge in [0.2, 0.25) is 5.91 Å². The summed E-state index contributed by atoms with van der Waals surface area (Å²) in [7, 11) is 1.58. The Morgan fingerprint density at radius 3 is 2.80 bits per heavy atom. The van der Waals surface area contributed by atoms with Gasteiger partial charge >= 0.3 is 6.18 Å². The maximum Gasteiger partial charge on any atom is 0.433 e. The van der Waals surface area contributed by atoms with E-state index in [4.69, 9.17) is 0 Å². The molecule has 1 aromatic rings. The number of hydrogen-bond donors (Lipinski definition) is 2. The molecule has 1 fully saturated rings. The molecule has 1 amide bonds. The number of aliphatic hydroxyl groups is 1. The summed E-state index contributed by atoms with van der Waals surface area (Å²) in [4.78, 5) is 22.6. The molecule has 7 nitrogen and oxygen atoms in total. The fraction of sp³-hybridized carbons (Fsp3) is 0.722. The van der Waals surface area contributed by atoms with E-state index in [0.29, 0.717) is 0 Å². The Bertz CT molecular complexity index is 776. The number of carbonyl (C=O) groups excluding carboxylic acids is 1. The molecule has 0 spiro atoms. The zero-order valence-electron chi connectivity index (χ0n) is 16.4. The van der Waals surface area contributed by atoms with Gasteiger partial charge in [0.1, 0.15) is 12.6 Å². The second kappa shape index (κ2) is 8.67. The SMILES string of the molecule is CN[C@@H](CC(=O)N1CCc2c(ncnc2C(F)(F)F)C1)CN1CC(F)(F)CCC1O. The zero-order chi connectivity index (χ0) is 22.1. The van der Waals surface area contributed by atoms with E-state index >= 15 is 0 Å². The van der Waals surface area contributed by atoms with E-state index in [2.05, 4.69) is 15.3 Å². The van der Waals surface area contributed by atoms with Crippen molar-refractivity contribution in [1.82, 2.24) is 25.1 Å². The van der Waals surface area contributed by atoms with Crippen molar-refractivity contribution in [3.05, 3.63) is 23.3 Å². The molecule has 0 radical (unpaired) electrons. The lowest BCUT2D eigenvalue weighted by molar-refractivity contribution is -0.142. The van der Waals surface area contributed by atoms with E-state index < -0.39 is 36.6 Å². The van der Waals surface area contributed by atoms with Crippen molar-refractivity contribution in [2.45, 2.75) is 56.6 Å². The average Bonchev–Trinajstić information content (AvgIpc) is 2.68. The third-order valence-electron chi connectivity index (χ3n) is 5.54. The first-order chi connectivity index (χ1) is 14.0. The van der Waals surface area contributed by atoms with Gasteiger partial charge in [-0.2, -0.15) is 13.2 Å². The van der Waals surface area contributed by atoms with Crippen molar-refractivity contribution >= 4 is 5.91 Å². The minimum absolute atomic E-state index is 0.00196. The van der Waals surface area contributed by atoms with Gasteiger partial charge in [-0.1, -0.05) is 0 Å². The van der Waals surface area contributed by atoms with Gasteiger partial charge in [-0.25, -0.2) is 18.7 Å². The summed E-state index contributed by atoms with van der Waals surface area (Å²) in [5, 5.41) is 12.9. The molecule has 168 valence electrons. The van der Waals surface area contributed by atoms with Crippen molar-refractivity contribution in [3.8, 4) is 0 Å². The second-order valence-corrected chi connectivity index (χ2v) is 7.70. The summed E-state index contributed by atoms with van der Waals surface area (Å²) in [5.41, 5.74) is -0.824. The molecule has 2 N–H and O–H groups in total. The molecule has 30 heavy (non-hydrogen) atoms. The molecular weight excluding hydrogens is 413 g/mol. The van der Waals surface area contributed by atoms with Gasteiger partial charge in [0.25, 0.3) is 5.92 Å². The minimum atomic E-state index is -4.59. The molecule has 1 aromatic heterocycles. The number of piperidine rings is 1. The van der Waals surface area contributed by atoms with Crippen LogP contribution >= 0.6 is 0 Å². The van der Waals surface area contributed by atoms with Crippen LogP contribution in [0.5, 0.6) is 0 Å². The monoisotopic (exact) mass is 437 g/mol. The smallest absolute Gasteiger partial charge is 0.378 e. The molecular formula is C18H24F5N5O2. The number of halogens is 5. The highest BCUT2D eigenvalue weighted by molar-refractivity contribution is 5.77. The predicted molar refractivity (Wildman–Crippen MR) is 95.4 cm³/mol. The Hall–Kier alpha value is -1.92. The van der Waals surface area contributed by atoms with Crippen LogP contribution in [0.3, 0.4) is 0 Å². The first kappa shape index (κ1) is 22.8. The normalized spacial score (nSPS) is 23.2. The fourth-order valence-corrected chi connectivity index (χ4v) is 3.88. The van der Waals surface area contributed by atoms with E-state index in [0.717, 1.165) is 6.33 Å². The quantitative estimate of drug-likeness (QED) is 0.678. The highest BCUT2D eigenvalue weighted by atomic mass is 19.4. The molecule has 1 saturated heterocycles. The summed E-state index contributed by atoms with van der Waals surface area (Å²) >= 11 is 0. The molecule has 2 aliphatic heterocycles. The van der Waals surface area contributed by atoms with E-state index in [-0.39, 0.29) is 62.5 Å². The van der Waals surface area contributed by atoms with Crippen LogP contribution in [0.2, 0.25) is 0 Å². The molecule has 0 aliphatic carbocycles. The third-order valence-corrected chi connectivity index (χ3v) is 5.54. The van der Waals surface area contributed by atoms with Crippen molar-refractivity contribution in [2.75, 3.05) is 26.7 Å². The molecule has 2 atom stereocenters. The van der Waals surface area contributed by atoms with Crippen LogP contribution in [0.25, 0.3) is 0 Å². The van der Waals surface area contributed by atoms with Crippen molar-refractivity contribution in [1.29, 1.82) is 0 Å². The van der Waals surface area contributed by atoms with E-state index in [9.17, 15) is 31.9 Å². The number of nitrogens with one attached hydrogen (secondary N) is 1. The van der Waals surface area contributed by atoms with Gasteiger partial charge in [-0.15, -0.1) is 0 Å². The van der Waals surface area contributed by atoms with Crippen molar-refractivity contribution in [3.63, 3.8) is 0 Å². The summed E-state index contributed by atoms with van der Waals surface area (Å²) < 4.78 is 66.6. The van der Waals surface area contributed by atoms with Crippen LogP contribution in [0.1, 0.15) is 36.2 Å². The number of carbonyl (C=O) groups is 1. The van der Waals surface area contributed by atoms with Gasteiger partial charge in [0, 0.05) is 37.5 Å². The number of amides is 1. The Morgan fingerprint density at radius 2 is 2.13 bits per heavy atom. The van der Waals surface area contributed by atoms with Gasteiger partial charge in [-0.05, 0) is 19.9 Å². The standard InChI is InChI=1S/C18H24F5N5O2/c1-24-11(7-28-9-17(19,20)4-2-14(28)29)6-15(30)27-5-3-12-13(8-27)25-10-26-16(12)18(21,22)23/h10-11,14,24,29H,2-9H2,1H3/t11-,14?/m0/s1. The van der Waals surface area contributed by atoms with Crippen LogP contribution in [0, 0.1) is 0 Å². The van der Waals surface area contributed by atoms with Crippen LogP contribution in [0.15, 0.2) is 6.33 Å². The number of likely N-dealkylation sites (tertiary alicyclic amines) is 1. The Morgan fingerprint density at radius 1 is 1.40 bits per heavy atom. The van der Waals surface area contributed by atoms with Gasteiger partial charge < -0.3 is 15.3 Å². The molecule has 1 unspecified atom stereocenters. The minimum Gasteiger partial charge on any atom is -0.378 e. The number of nitrogens with zero attached hydrogens (tertiary/aromatic N) is 4. The number of aliphatic hydroxyl groups excluding tert-OH is 1. The number of alkyl halides is 5. The first-order valence-electron chi connectivity index (χ1n) is 9.65. The topological polar surface area (TPSA) is 81.6 Å². The van der Waals surface area contributed by atoms with Crippen molar-refractivity contribution < 1.29 is 31.9 Å². The Labute approximate surface area is 170 Å². The number of aromatic nitrogens is 2. The van der Waals surface area contributed by atoms with Crippen molar-refractivity contribution in [2.24, 2.45) is 0 Å². The van der Waals surface area contributed by atoms with Gasteiger partial charge in [-0.3, -0.25) is 9.69 Å². The highest BCUT2D eigenvalue weighted by Gasteiger charge is 2.41. The summed E-state index contributed by atoms with van der Waals surface area (Å²) in [6.07, 6.45) is -5.26. The number of fused-ring (bicyclic) bond motifs is 1. The first-order valence-corrected chi connectivity index (χ1v) is 9.65. The fourth-order valence-electron chi connectivity index (χ4n) is 3.88. The molecule has 12 heteroatoms. The summed E-state index contributed by atoms with van der Waals surface area (Å²) in [6, 6.07) is -0.501. The average molecular weight is 437 g/mol. The lowest BCUT2D eigenvalue weighted by atomic mass is 10.0. The zero-order valence-corrected chi connectivity index (χ0v) is 16.4. The summed E-state index contributed by atoms with van der Waals surface area (Å²) in [6.45, 7) is -0.525. The molecule has 0 aromatic carbocycles. The molecule has 0 bridgehead atoms. The number of hydrogen-bond acceptors (Lipinski definition) is 6. The highest BCUT2D eigenvalue weighted by Crippen LogP contribution is 2.33. The van der Waals surface area contributed by atoms with E-state index in [1.54, 1.807) is 7.05 Å². The predicted octanol–water partition coefficient (Wildman–Crippen LogP) is 1.41. The Balaban J connectivity index is 1.63. The van der Waals surface area contributed by atoms with Crippen LogP contribution in [-0.4, -0.2) is 75.7 Å². The second-order valence-electron chi connectivity index (χ2n) is 7.70.